The summed E-state index contributed by atoms with van der Waals surface area (Å²) in [6, 6.07) is 5.92. The Morgan fingerprint density at radius 1 is 1.28 bits per heavy atom. The number of hydrogen-bond acceptors (Lipinski definition) is 5. The zero-order chi connectivity index (χ0) is 20.0. The van der Waals surface area contributed by atoms with Gasteiger partial charge < -0.3 is 14.3 Å². The molecule has 0 aromatic carbocycles. The lowest BCUT2D eigenvalue weighted by molar-refractivity contribution is 0.0426. The normalized spacial score (nSPS) is 24.4. The van der Waals surface area contributed by atoms with E-state index in [4.69, 9.17) is 9.15 Å². The van der Waals surface area contributed by atoms with Gasteiger partial charge in [0.15, 0.2) is 0 Å². The van der Waals surface area contributed by atoms with Gasteiger partial charge in [0.1, 0.15) is 11.5 Å². The molecular formula is C24H30O4S. The Morgan fingerprint density at radius 2 is 2.10 bits per heavy atom. The number of ether oxygens (including phenoxy) is 1. The van der Waals surface area contributed by atoms with Gasteiger partial charge in [-0.05, 0) is 81.3 Å². The van der Waals surface area contributed by atoms with Crippen LogP contribution in [-0.2, 0) is 11.2 Å². The van der Waals surface area contributed by atoms with Gasteiger partial charge in [-0.3, -0.25) is 0 Å². The van der Waals surface area contributed by atoms with Crippen LogP contribution in [0.4, 0.5) is 0 Å². The first-order valence-electron chi connectivity index (χ1n) is 11.0. The molecule has 3 aliphatic rings. The largest absolute Gasteiger partial charge is 0.507 e. The summed E-state index contributed by atoms with van der Waals surface area (Å²) in [5.41, 5.74) is 0.346. The van der Waals surface area contributed by atoms with Gasteiger partial charge in [0.2, 0.25) is 0 Å². The van der Waals surface area contributed by atoms with Crippen LogP contribution in [0.5, 0.6) is 5.75 Å². The van der Waals surface area contributed by atoms with Crippen LogP contribution in [0, 0.1) is 24.2 Å². The topological polar surface area (TPSA) is 59.7 Å². The zero-order valence-corrected chi connectivity index (χ0v) is 17.9. The van der Waals surface area contributed by atoms with Gasteiger partial charge in [-0.2, -0.15) is 0 Å². The summed E-state index contributed by atoms with van der Waals surface area (Å²) >= 11 is 1.72. The van der Waals surface area contributed by atoms with Crippen molar-refractivity contribution in [2.75, 3.05) is 13.2 Å². The van der Waals surface area contributed by atoms with E-state index in [1.165, 1.54) is 24.1 Å². The van der Waals surface area contributed by atoms with Crippen LogP contribution in [0.2, 0.25) is 0 Å². The maximum atomic E-state index is 13.0. The van der Waals surface area contributed by atoms with Gasteiger partial charge in [0, 0.05) is 41.4 Å². The highest BCUT2D eigenvalue weighted by Gasteiger charge is 2.45. The van der Waals surface area contributed by atoms with Gasteiger partial charge in [-0.1, -0.05) is 0 Å². The molecule has 2 unspecified atom stereocenters. The fourth-order valence-electron chi connectivity index (χ4n) is 5.15. The summed E-state index contributed by atoms with van der Waals surface area (Å²) < 4.78 is 11.4. The SMILES string of the molecule is Cc1ccc(C(c2c(O)cc(CC3(CC4CCCOC4)CC3)oc2=O)C2CC2)s1. The lowest BCUT2D eigenvalue weighted by Gasteiger charge is -2.26. The molecule has 2 aliphatic carbocycles. The van der Waals surface area contributed by atoms with Crippen molar-refractivity contribution in [1.82, 2.24) is 0 Å². The summed E-state index contributed by atoms with van der Waals surface area (Å²) in [5, 5.41) is 10.9. The first kappa shape index (κ1) is 19.4. The summed E-state index contributed by atoms with van der Waals surface area (Å²) in [5.74, 6) is 1.78. The number of thiophene rings is 1. The fourth-order valence-corrected chi connectivity index (χ4v) is 6.23. The van der Waals surface area contributed by atoms with E-state index in [1.807, 2.05) is 0 Å². The average Bonchev–Trinajstić information content (AvgIpc) is 3.60. The third-order valence-electron chi connectivity index (χ3n) is 6.97. The van der Waals surface area contributed by atoms with Crippen LogP contribution in [0.15, 0.2) is 27.4 Å². The van der Waals surface area contributed by atoms with Gasteiger partial charge in [0.05, 0.1) is 5.56 Å². The minimum Gasteiger partial charge on any atom is -0.507 e. The Balaban J connectivity index is 1.37. The monoisotopic (exact) mass is 414 g/mol. The Bertz CT molecular complexity index is 929. The highest BCUT2D eigenvalue weighted by atomic mass is 32.1. The molecule has 1 N–H and O–H groups in total. The van der Waals surface area contributed by atoms with Crippen molar-refractivity contribution < 1.29 is 14.3 Å². The minimum absolute atomic E-state index is 0.0340. The van der Waals surface area contributed by atoms with Crippen molar-refractivity contribution in [3.05, 3.63) is 49.7 Å². The molecule has 5 heteroatoms. The van der Waals surface area contributed by atoms with E-state index in [0.717, 1.165) is 50.2 Å². The molecule has 0 radical (unpaired) electrons. The molecule has 3 fully saturated rings. The summed E-state index contributed by atoms with van der Waals surface area (Å²) in [6.07, 6.45) is 8.83. The van der Waals surface area contributed by atoms with Gasteiger partial charge in [-0.15, -0.1) is 11.3 Å². The number of aryl methyl sites for hydroxylation is 1. The van der Waals surface area contributed by atoms with Crippen LogP contribution in [-0.4, -0.2) is 18.3 Å². The van der Waals surface area contributed by atoms with E-state index in [-0.39, 0.29) is 22.7 Å². The van der Waals surface area contributed by atoms with E-state index < -0.39 is 0 Å². The second-order valence-electron chi connectivity index (χ2n) is 9.53. The number of hydrogen-bond donors (Lipinski definition) is 1. The van der Waals surface area contributed by atoms with E-state index in [1.54, 1.807) is 17.4 Å². The molecule has 29 heavy (non-hydrogen) atoms. The van der Waals surface area contributed by atoms with Crippen molar-refractivity contribution in [2.24, 2.45) is 17.3 Å². The van der Waals surface area contributed by atoms with E-state index in [2.05, 4.69) is 19.1 Å². The molecule has 5 rings (SSSR count). The maximum absolute atomic E-state index is 13.0. The van der Waals surface area contributed by atoms with Crippen LogP contribution < -0.4 is 5.63 Å². The first-order chi connectivity index (χ1) is 14.0. The Kier molecular flexibility index (Phi) is 5.07. The lowest BCUT2D eigenvalue weighted by Crippen LogP contribution is -2.22. The summed E-state index contributed by atoms with van der Waals surface area (Å²) in [4.78, 5) is 15.4. The Morgan fingerprint density at radius 3 is 2.69 bits per heavy atom. The number of rotatable bonds is 7. The molecule has 1 saturated heterocycles. The van der Waals surface area contributed by atoms with E-state index in [0.29, 0.717) is 23.2 Å². The zero-order valence-electron chi connectivity index (χ0n) is 17.1. The van der Waals surface area contributed by atoms with Gasteiger partial charge >= 0.3 is 5.63 Å². The molecular weight excluding hydrogens is 384 g/mol. The average molecular weight is 415 g/mol. The minimum atomic E-state index is -0.347. The molecule has 3 heterocycles. The van der Waals surface area contributed by atoms with Crippen molar-refractivity contribution in [3.63, 3.8) is 0 Å². The van der Waals surface area contributed by atoms with Crippen LogP contribution >= 0.6 is 11.3 Å². The molecule has 4 nitrogen and oxygen atoms in total. The third-order valence-corrected chi connectivity index (χ3v) is 8.06. The van der Waals surface area contributed by atoms with E-state index >= 15 is 0 Å². The van der Waals surface area contributed by atoms with Crippen molar-refractivity contribution in [3.8, 4) is 5.75 Å². The Hall–Kier alpha value is -1.59. The van der Waals surface area contributed by atoms with E-state index in [9.17, 15) is 9.90 Å². The number of aromatic hydroxyl groups is 1. The second kappa shape index (κ2) is 7.59. The van der Waals surface area contributed by atoms with Crippen molar-refractivity contribution in [1.29, 1.82) is 0 Å². The first-order valence-corrected chi connectivity index (χ1v) is 11.8. The van der Waals surface area contributed by atoms with Crippen molar-refractivity contribution in [2.45, 2.75) is 64.2 Å². The van der Waals surface area contributed by atoms with Crippen molar-refractivity contribution >= 4 is 11.3 Å². The molecule has 1 aliphatic heterocycles. The summed E-state index contributed by atoms with van der Waals surface area (Å²) in [7, 11) is 0. The predicted octanol–water partition coefficient (Wildman–Crippen LogP) is 5.40. The van der Waals surface area contributed by atoms with Crippen LogP contribution in [0.1, 0.15) is 71.9 Å². The molecule has 0 spiro atoms. The van der Waals surface area contributed by atoms with Crippen LogP contribution in [0.25, 0.3) is 0 Å². The third kappa shape index (κ3) is 4.17. The molecule has 2 aromatic rings. The van der Waals surface area contributed by atoms with Gasteiger partial charge in [0.25, 0.3) is 0 Å². The highest BCUT2D eigenvalue weighted by molar-refractivity contribution is 7.12. The quantitative estimate of drug-likeness (QED) is 0.659. The predicted molar refractivity (Wildman–Crippen MR) is 114 cm³/mol. The fraction of sp³-hybridized carbons (Fsp3) is 0.625. The molecule has 2 atom stereocenters. The standard InChI is InChI=1S/C24H30O4S/c1-15-4-7-20(29-15)21(17-5-6-17)22-19(25)11-18(28-23(22)26)13-24(8-9-24)12-16-3-2-10-27-14-16/h4,7,11,16-17,21,25H,2-3,5-6,8-10,12-14H2,1H3. The molecule has 0 amide bonds. The van der Waals surface area contributed by atoms with Crippen LogP contribution in [0.3, 0.4) is 0 Å². The molecule has 156 valence electrons. The maximum Gasteiger partial charge on any atom is 0.343 e. The molecule has 2 saturated carbocycles. The smallest absolute Gasteiger partial charge is 0.343 e. The molecule has 0 bridgehead atoms. The van der Waals surface area contributed by atoms with Gasteiger partial charge in [-0.25, -0.2) is 4.79 Å². The Labute approximate surface area is 175 Å². The summed E-state index contributed by atoms with van der Waals surface area (Å²) in [6.45, 7) is 3.83. The second-order valence-corrected chi connectivity index (χ2v) is 10.8. The lowest BCUT2D eigenvalue weighted by atomic mass is 9.85. The highest BCUT2D eigenvalue weighted by Crippen LogP contribution is 2.54. The molecule has 2 aromatic heterocycles.